The van der Waals surface area contributed by atoms with Gasteiger partial charge in [0.25, 0.3) is 5.91 Å². The molecule has 1 amide bonds. The second-order valence-electron chi connectivity index (χ2n) is 4.98. The zero-order valence-electron chi connectivity index (χ0n) is 12.2. The fraction of sp³-hybridized carbons (Fsp3) is 0. The van der Waals surface area contributed by atoms with Crippen LogP contribution in [0.1, 0.15) is 10.4 Å². The highest BCUT2D eigenvalue weighted by Gasteiger charge is 2.22. The van der Waals surface area contributed by atoms with Crippen molar-refractivity contribution < 1.29 is 9.21 Å². The molecule has 0 saturated heterocycles. The van der Waals surface area contributed by atoms with Gasteiger partial charge in [0.15, 0.2) is 0 Å². The molecule has 0 bridgehead atoms. The van der Waals surface area contributed by atoms with Gasteiger partial charge in [0.2, 0.25) is 10.6 Å². The molecule has 2 aromatic carbocycles. The molecule has 0 fully saturated rings. The van der Waals surface area contributed by atoms with E-state index in [0.29, 0.717) is 11.1 Å². The van der Waals surface area contributed by atoms with Gasteiger partial charge < -0.3 is 15.9 Å². The van der Waals surface area contributed by atoms with Crippen LogP contribution >= 0.6 is 12.2 Å². The van der Waals surface area contributed by atoms with E-state index < -0.39 is 5.91 Å². The van der Waals surface area contributed by atoms with Crippen LogP contribution in [0, 0.1) is 4.71 Å². The number of primary amides is 1. The third kappa shape index (κ3) is 2.74. The van der Waals surface area contributed by atoms with Crippen LogP contribution in [0.2, 0.25) is 0 Å². The van der Waals surface area contributed by atoms with Crippen molar-refractivity contribution in [1.82, 2.24) is 0 Å². The zero-order chi connectivity index (χ0) is 16.4. The maximum absolute atomic E-state index is 12.0. The molecule has 0 saturated carbocycles. The molecule has 0 unspecified atom stereocenters. The number of nitrogen functional groups attached to an aromatic ring is 1. The SMILES string of the molecule is NC(=O)c1c(N)oc(=S)c(-c2ccccc2)c1-c1ccccc1. The molecule has 0 aliphatic heterocycles. The Morgan fingerprint density at radius 1 is 0.870 bits per heavy atom. The Kier molecular flexibility index (Phi) is 3.95. The molecule has 0 spiro atoms. The molecule has 23 heavy (non-hydrogen) atoms. The zero-order valence-corrected chi connectivity index (χ0v) is 13.0. The molecule has 5 heteroatoms. The Hall–Kier alpha value is -2.92. The van der Waals surface area contributed by atoms with Crippen molar-refractivity contribution in [2.24, 2.45) is 5.73 Å². The molecule has 4 nitrogen and oxygen atoms in total. The van der Waals surface area contributed by atoms with E-state index >= 15 is 0 Å². The van der Waals surface area contributed by atoms with E-state index in [4.69, 9.17) is 28.1 Å². The fourth-order valence-corrected chi connectivity index (χ4v) is 2.87. The number of amides is 1. The predicted molar refractivity (Wildman–Crippen MR) is 93.3 cm³/mol. The molecular formula is C18H14N2O2S. The second-order valence-corrected chi connectivity index (χ2v) is 5.35. The van der Waals surface area contributed by atoms with Crippen LogP contribution in [0.25, 0.3) is 22.3 Å². The molecule has 4 N–H and O–H groups in total. The first-order chi connectivity index (χ1) is 11.1. The molecule has 114 valence electrons. The van der Waals surface area contributed by atoms with Gasteiger partial charge >= 0.3 is 0 Å². The fourth-order valence-electron chi connectivity index (χ4n) is 2.56. The van der Waals surface area contributed by atoms with Gasteiger partial charge in [-0.05, 0) is 23.3 Å². The molecule has 0 aliphatic rings. The van der Waals surface area contributed by atoms with Crippen LogP contribution in [-0.2, 0) is 0 Å². The van der Waals surface area contributed by atoms with Crippen molar-refractivity contribution in [3.05, 3.63) is 70.9 Å². The Balaban J connectivity index is 2.47. The maximum atomic E-state index is 12.0. The summed E-state index contributed by atoms with van der Waals surface area (Å²) in [6.07, 6.45) is 0. The van der Waals surface area contributed by atoms with E-state index in [9.17, 15) is 4.79 Å². The first kappa shape index (κ1) is 15.0. The second kappa shape index (κ2) is 6.06. The van der Waals surface area contributed by atoms with Gasteiger partial charge in [-0.15, -0.1) is 0 Å². The summed E-state index contributed by atoms with van der Waals surface area (Å²) in [7, 11) is 0. The predicted octanol–water partition coefficient (Wildman–Crippen LogP) is 4.02. The molecule has 0 radical (unpaired) electrons. The summed E-state index contributed by atoms with van der Waals surface area (Å²) >= 11 is 5.36. The van der Waals surface area contributed by atoms with Crippen LogP contribution in [0.15, 0.2) is 65.1 Å². The van der Waals surface area contributed by atoms with Gasteiger partial charge in [0.1, 0.15) is 5.56 Å². The lowest BCUT2D eigenvalue weighted by atomic mass is 9.92. The summed E-state index contributed by atoms with van der Waals surface area (Å²) in [5, 5.41) is 0. The number of nitrogens with two attached hydrogens (primary N) is 2. The highest BCUT2D eigenvalue weighted by molar-refractivity contribution is 7.71. The Morgan fingerprint density at radius 3 is 1.83 bits per heavy atom. The van der Waals surface area contributed by atoms with Gasteiger partial charge in [-0.25, -0.2) is 0 Å². The number of anilines is 1. The minimum atomic E-state index is -0.655. The van der Waals surface area contributed by atoms with Crippen molar-refractivity contribution in [1.29, 1.82) is 0 Å². The summed E-state index contributed by atoms with van der Waals surface area (Å²) in [5.41, 5.74) is 14.4. The number of carbonyl (C=O) groups excluding carboxylic acids is 1. The largest absolute Gasteiger partial charge is 0.429 e. The average molecular weight is 322 g/mol. The highest BCUT2D eigenvalue weighted by Crippen LogP contribution is 2.38. The average Bonchev–Trinajstić information content (AvgIpc) is 2.55. The minimum absolute atomic E-state index is 0.0685. The quantitative estimate of drug-likeness (QED) is 0.713. The normalized spacial score (nSPS) is 10.4. The summed E-state index contributed by atoms with van der Waals surface area (Å²) in [6, 6.07) is 18.9. The van der Waals surface area contributed by atoms with Crippen LogP contribution in [-0.4, -0.2) is 5.91 Å². The van der Waals surface area contributed by atoms with E-state index in [2.05, 4.69) is 0 Å². The van der Waals surface area contributed by atoms with E-state index in [1.165, 1.54) is 0 Å². The van der Waals surface area contributed by atoms with Crippen LogP contribution in [0.4, 0.5) is 5.88 Å². The maximum Gasteiger partial charge on any atom is 0.254 e. The first-order valence-corrected chi connectivity index (χ1v) is 7.37. The van der Waals surface area contributed by atoms with Crippen molar-refractivity contribution in [2.75, 3.05) is 5.73 Å². The molecular weight excluding hydrogens is 308 g/mol. The van der Waals surface area contributed by atoms with E-state index in [-0.39, 0.29) is 16.2 Å². The van der Waals surface area contributed by atoms with E-state index in [1.807, 2.05) is 60.7 Å². The lowest BCUT2D eigenvalue weighted by Crippen LogP contribution is -2.16. The van der Waals surface area contributed by atoms with Gasteiger partial charge in [0.05, 0.1) is 0 Å². The number of hydrogen-bond acceptors (Lipinski definition) is 4. The van der Waals surface area contributed by atoms with Crippen LogP contribution in [0.5, 0.6) is 0 Å². The Bertz CT molecular complexity index is 919. The summed E-state index contributed by atoms with van der Waals surface area (Å²) in [4.78, 5) is 12.0. The number of carbonyl (C=O) groups is 1. The standard InChI is InChI=1S/C18H14N2O2S/c19-16(21)15-13(11-7-3-1-4-8-11)14(18(23)22-17(15)20)12-9-5-2-6-10-12/h1-10H,20H2,(H2,19,21). The lowest BCUT2D eigenvalue weighted by Gasteiger charge is -2.15. The third-order valence-corrected chi connectivity index (χ3v) is 3.81. The Labute approximate surface area is 138 Å². The van der Waals surface area contributed by atoms with Crippen molar-refractivity contribution in [3.63, 3.8) is 0 Å². The third-order valence-electron chi connectivity index (χ3n) is 3.52. The van der Waals surface area contributed by atoms with Crippen LogP contribution in [0.3, 0.4) is 0 Å². The monoisotopic (exact) mass is 322 g/mol. The number of rotatable bonds is 3. The molecule has 0 aliphatic carbocycles. The van der Waals surface area contributed by atoms with Crippen molar-refractivity contribution in [2.45, 2.75) is 0 Å². The molecule has 3 aromatic rings. The molecule has 0 atom stereocenters. The van der Waals surface area contributed by atoms with E-state index in [0.717, 1.165) is 11.1 Å². The van der Waals surface area contributed by atoms with E-state index in [1.54, 1.807) is 0 Å². The van der Waals surface area contributed by atoms with Crippen molar-refractivity contribution >= 4 is 24.0 Å². The smallest absolute Gasteiger partial charge is 0.254 e. The summed E-state index contributed by atoms with van der Waals surface area (Å²) in [6.45, 7) is 0. The summed E-state index contributed by atoms with van der Waals surface area (Å²) < 4.78 is 5.63. The summed E-state index contributed by atoms with van der Waals surface area (Å²) in [5.74, 6) is -0.724. The Morgan fingerprint density at radius 2 is 1.35 bits per heavy atom. The highest BCUT2D eigenvalue weighted by atomic mass is 32.1. The molecule has 1 aromatic heterocycles. The van der Waals surface area contributed by atoms with Gasteiger partial charge in [-0.2, -0.15) is 0 Å². The number of benzene rings is 2. The number of hydrogen-bond donors (Lipinski definition) is 2. The lowest BCUT2D eigenvalue weighted by molar-refractivity contribution is 0.1000. The van der Waals surface area contributed by atoms with Gasteiger partial charge in [-0.1, -0.05) is 60.7 Å². The van der Waals surface area contributed by atoms with Crippen LogP contribution < -0.4 is 11.5 Å². The minimum Gasteiger partial charge on any atom is -0.429 e. The topological polar surface area (TPSA) is 82.2 Å². The van der Waals surface area contributed by atoms with Gasteiger partial charge in [0, 0.05) is 11.1 Å². The van der Waals surface area contributed by atoms with Gasteiger partial charge in [-0.3, -0.25) is 4.79 Å². The molecule has 3 rings (SSSR count). The molecule has 1 heterocycles. The van der Waals surface area contributed by atoms with Crippen molar-refractivity contribution in [3.8, 4) is 22.3 Å². The first-order valence-electron chi connectivity index (χ1n) is 6.97.